The van der Waals surface area contributed by atoms with E-state index in [1.807, 2.05) is 24.3 Å². The third-order valence-corrected chi connectivity index (χ3v) is 5.87. The maximum atomic E-state index is 13.0. The molecule has 0 N–H and O–H groups in total. The van der Waals surface area contributed by atoms with Gasteiger partial charge in [0, 0.05) is 29.0 Å². The number of nitrogens with zero attached hydrogens (tertiary/aromatic N) is 1. The van der Waals surface area contributed by atoms with Crippen LogP contribution in [0.1, 0.15) is 38.5 Å². The lowest BCUT2D eigenvalue weighted by molar-refractivity contribution is 0.0850. The molecule has 0 fully saturated rings. The lowest BCUT2D eigenvalue weighted by Gasteiger charge is -2.38. The van der Waals surface area contributed by atoms with E-state index >= 15 is 0 Å². The number of rotatable bonds is 1. The Morgan fingerprint density at radius 1 is 1.20 bits per heavy atom. The van der Waals surface area contributed by atoms with Gasteiger partial charge in [0.2, 0.25) is 0 Å². The van der Waals surface area contributed by atoms with E-state index in [0.29, 0.717) is 23.3 Å². The lowest BCUT2D eigenvalue weighted by Crippen LogP contribution is -2.38. The lowest BCUT2D eigenvalue weighted by atomic mass is 9.63. The van der Waals surface area contributed by atoms with Crippen molar-refractivity contribution in [3.8, 4) is 5.75 Å². The Kier molecular flexibility index (Phi) is 3.02. The molecule has 5 nitrogen and oxygen atoms in total. The number of benzene rings is 1. The van der Waals surface area contributed by atoms with Crippen molar-refractivity contribution >= 4 is 11.6 Å². The predicted molar refractivity (Wildman–Crippen MR) is 88.7 cm³/mol. The standard InChI is InChI=1S/C20H17NO4/c1-24-17-4-2-3-12-15(17)6-10-5-11-7-18-16(9-21-25-18)20(23)14(11)8-13(10)19(12)22/h2-4,8-11,14H,5-7H2,1H3. The molecule has 2 aromatic rings. The van der Waals surface area contributed by atoms with E-state index in [9.17, 15) is 9.59 Å². The zero-order chi connectivity index (χ0) is 17.1. The summed E-state index contributed by atoms with van der Waals surface area (Å²) in [5.74, 6) is 1.58. The molecule has 0 aliphatic heterocycles. The van der Waals surface area contributed by atoms with Crippen LogP contribution in [0, 0.1) is 17.8 Å². The van der Waals surface area contributed by atoms with Gasteiger partial charge in [-0.1, -0.05) is 23.4 Å². The van der Waals surface area contributed by atoms with Crippen LogP contribution in [0.25, 0.3) is 0 Å². The number of carbonyl (C=O) groups excluding carboxylic acids is 2. The summed E-state index contributed by atoms with van der Waals surface area (Å²) < 4.78 is 10.7. The molecule has 0 radical (unpaired) electrons. The van der Waals surface area contributed by atoms with Gasteiger partial charge in [-0.25, -0.2) is 0 Å². The van der Waals surface area contributed by atoms with E-state index in [-0.39, 0.29) is 29.3 Å². The molecule has 3 unspecified atom stereocenters. The van der Waals surface area contributed by atoms with Crippen LogP contribution in [-0.2, 0) is 12.8 Å². The Labute approximate surface area is 144 Å². The summed E-state index contributed by atoms with van der Waals surface area (Å²) >= 11 is 0. The Morgan fingerprint density at radius 2 is 2.08 bits per heavy atom. The fraction of sp³-hybridized carbons (Fsp3) is 0.350. The first-order chi connectivity index (χ1) is 12.2. The van der Waals surface area contributed by atoms with Crippen LogP contribution in [0.4, 0.5) is 0 Å². The number of allylic oxidation sites excluding steroid dienone is 2. The summed E-state index contributed by atoms with van der Waals surface area (Å²) in [7, 11) is 1.63. The van der Waals surface area contributed by atoms with Gasteiger partial charge in [0.05, 0.1) is 18.9 Å². The van der Waals surface area contributed by atoms with Crippen molar-refractivity contribution < 1.29 is 18.8 Å². The van der Waals surface area contributed by atoms with Gasteiger partial charge < -0.3 is 9.26 Å². The van der Waals surface area contributed by atoms with Crippen molar-refractivity contribution in [2.24, 2.45) is 17.8 Å². The van der Waals surface area contributed by atoms with Gasteiger partial charge >= 0.3 is 0 Å². The molecule has 0 bridgehead atoms. The number of ether oxygens (including phenoxy) is 1. The Bertz CT molecular complexity index is 939. The highest BCUT2D eigenvalue weighted by Gasteiger charge is 2.44. The average Bonchev–Trinajstić information content (AvgIpc) is 3.09. The first kappa shape index (κ1) is 14.6. The predicted octanol–water partition coefficient (Wildman–Crippen LogP) is 3.04. The summed E-state index contributed by atoms with van der Waals surface area (Å²) in [5.41, 5.74) is 3.05. The van der Waals surface area contributed by atoms with Crippen molar-refractivity contribution in [1.29, 1.82) is 0 Å². The van der Waals surface area contributed by atoms with E-state index in [1.165, 1.54) is 6.20 Å². The van der Waals surface area contributed by atoms with Gasteiger partial charge in [0.1, 0.15) is 11.5 Å². The number of Topliss-reactive ketones (excluding diaryl/α,β-unsaturated/α-hetero) is 2. The van der Waals surface area contributed by atoms with Gasteiger partial charge in [0.15, 0.2) is 11.6 Å². The quantitative estimate of drug-likeness (QED) is 0.801. The molecule has 3 aliphatic rings. The highest BCUT2D eigenvalue weighted by molar-refractivity contribution is 6.12. The van der Waals surface area contributed by atoms with Crippen molar-refractivity contribution in [3.05, 3.63) is 58.5 Å². The van der Waals surface area contributed by atoms with Crippen LogP contribution >= 0.6 is 0 Å². The molecular formula is C20H17NO4. The number of methoxy groups -OCH3 is 1. The SMILES string of the molecule is COc1cccc2c1CC1CC3Cc4oncc4C(=O)C3C=C1C2=O. The Balaban J connectivity index is 1.59. The molecule has 1 aromatic heterocycles. The largest absolute Gasteiger partial charge is 0.496 e. The number of fused-ring (bicyclic) bond motifs is 4. The highest BCUT2D eigenvalue weighted by atomic mass is 16.5. The highest BCUT2D eigenvalue weighted by Crippen LogP contribution is 2.46. The van der Waals surface area contributed by atoms with E-state index in [1.54, 1.807) is 7.11 Å². The molecule has 5 rings (SSSR count). The van der Waals surface area contributed by atoms with Gasteiger partial charge in [-0.05, 0) is 30.7 Å². The first-order valence-electron chi connectivity index (χ1n) is 8.57. The number of hydrogen-bond acceptors (Lipinski definition) is 5. The molecule has 0 spiro atoms. The van der Waals surface area contributed by atoms with Crippen LogP contribution in [0.3, 0.4) is 0 Å². The molecule has 5 heteroatoms. The van der Waals surface area contributed by atoms with Crippen molar-refractivity contribution in [2.75, 3.05) is 7.11 Å². The van der Waals surface area contributed by atoms with Gasteiger partial charge in [-0.2, -0.15) is 0 Å². The zero-order valence-corrected chi connectivity index (χ0v) is 13.8. The molecule has 0 amide bonds. The fourth-order valence-corrected chi connectivity index (χ4v) is 4.67. The second-order valence-corrected chi connectivity index (χ2v) is 7.09. The minimum atomic E-state index is -0.241. The number of hydrogen-bond donors (Lipinski definition) is 0. The zero-order valence-electron chi connectivity index (χ0n) is 13.8. The van der Waals surface area contributed by atoms with Crippen LogP contribution in [0.2, 0.25) is 0 Å². The summed E-state index contributed by atoms with van der Waals surface area (Å²) in [6.45, 7) is 0. The van der Waals surface area contributed by atoms with E-state index in [4.69, 9.17) is 9.26 Å². The van der Waals surface area contributed by atoms with E-state index in [2.05, 4.69) is 5.16 Å². The van der Waals surface area contributed by atoms with Crippen molar-refractivity contribution in [1.82, 2.24) is 5.16 Å². The van der Waals surface area contributed by atoms with Gasteiger partial charge in [-0.15, -0.1) is 0 Å². The van der Waals surface area contributed by atoms with Gasteiger partial charge in [-0.3, -0.25) is 9.59 Å². The number of ketones is 2. The monoisotopic (exact) mass is 335 g/mol. The summed E-state index contributed by atoms with van der Waals surface area (Å²) in [6.07, 6.45) is 5.71. The number of carbonyl (C=O) groups is 2. The Morgan fingerprint density at radius 3 is 2.92 bits per heavy atom. The summed E-state index contributed by atoms with van der Waals surface area (Å²) in [4.78, 5) is 25.8. The average molecular weight is 335 g/mol. The molecule has 3 aliphatic carbocycles. The van der Waals surface area contributed by atoms with Crippen LogP contribution in [0.15, 0.2) is 40.6 Å². The maximum Gasteiger partial charge on any atom is 0.189 e. The first-order valence-corrected chi connectivity index (χ1v) is 8.57. The number of aromatic nitrogens is 1. The van der Waals surface area contributed by atoms with E-state index < -0.39 is 0 Å². The second-order valence-electron chi connectivity index (χ2n) is 7.09. The molecule has 0 saturated carbocycles. The minimum Gasteiger partial charge on any atom is -0.496 e. The smallest absolute Gasteiger partial charge is 0.189 e. The third-order valence-electron chi connectivity index (χ3n) is 5.87. The second kappa shape index (κ2) is 5.15. The third kappa shape index (κ3) is 1.98. The fourth-order valence-electron chi connectivity index (χ4n) is 4.67. The molecule has 0 saturated heterocycles. The van der Waals surface area contributed by atoms with Crippen LogP contribution < -0.4 is 4.74 Å². The molecule has 3 atom stereocenters. The topological polar surface area (TPSA) is 69.4 Å². The molecular weight excluding hydrogens is 318 g/mol. The van der Waals surface area contributed by atoms with Crippen LogP contribution in [0.5, 0.6) is 5.75 Å². The van der Waals surface area contributed by atoms with E-state index in [0.717, 1.165) is 29.7 Å². The van der Waals surface area contributed by atoms with Gasteiger partial charge in [0.25, 0.3) is 0 Å². The molecule has 1 aromatic carbocycles. The van der Waals surface area contributed by atoms with Crippen molar-refractivity contribution in [3.63, 3.8) is 0 Å². The summed E-state index contributed by atoms with van der Waals surface area (Å²) in [6, 6.07) is 5.60. The maximum absolute atomic E-state index is 13.0. The summed E-state index contributed by atoms with van der Waals surface area (Å²) in [5, 5.41) is 3.77. The normalized spacial score (nSPS) is 26.9. The molecule has 25 heavy (non-hydrogen) atoms. The van der Waals surface area contributed by atoms with Crippen molar-refractivity contribution in [2.45, 2.75) is 19.3 Å². The molecule has 1 heterocycles. The minimum absolute atomic E-state index is 0.0303. The Hall–Kier alpha value is -2.69. The van der Waals surface area contributed by atoms with Crippen LogP contribution in [-0.4, -0.2) is 23.8 Å². The molecule has 126 valence electrons.